The lowest BCUT2D eigenvalue weighted by Gasteiger charge is -2.35. The van der Waals surface area contributed by atoms with Gasteiger partial charge >= 0.3 is 0 Å². The first-order valence-corrected chi connectivity index (χ1v) is 8.33. The van der Waals surface area contributed by atoms with Gasteiger partial charge in [0, 0.05) is 12.0 Å². The van der Waals surface area contributed by atoms with Crippen molar-refractivity contribution >= 4 is 5.91 Å². The molecular weight excluding hydrogens is 258 g/mol. The summed E-state index contributed by atoms with van der Waals surface area (Å²) in [6, 6.07) is 0. The maximum absolute atomic E-state index is 12.1. The van der Waals surface area contributed by atoms with Crippen LogP contribution in [0.15, 0.2) is 0 Å². The van der Waals surface area contributed by atoms with E-state index in [-0.39, 0.29) is 16.9 Å². The molecule has 1 N–H and O–H groups in total. The fourth-order valence-electron chi connectivity index (χ4n) is 3.19. The van der Waals surface area contributed by atoms with Crippen molar-refractivity contribution in [2.24, 2.45) is 16.2 Å². The fourth-order valence-corrected chi connectivity index (χ4v) is 3.19. The van der Waals surface area contributed by atoms with E-state index in [4.69, 9.17) is 0 Å². The molecule has 0 aliphatic carbocycles. The van der Waals surface area contributed by atoms with Crippen LogP contribution in [0, 0.1) is 16.2 Å². The minimum atomic E-state index is -0.140. The Kier molecular flexibility index (Phi) is 6.54. The predicted octanol–water partition coefficient (Wildman–Crippen LogP) is 5.56. The molecule has 0 rings (SSSR count). The Hall–Kier alpha value is -0.530. The molecule has 0 atom stereocenters. The van der Waals surface area contributed by atoms with Crippen LogP contribution in [0.25, 0.3) is 0 Å². The van der Waals surface area contributed by atoms with E-state index in [9.17, 15) is 4.79 Å². The average molecular weight is 298 g/mol. The van der Waals surface area contributed by atoms with Crippen molar-refractivity contribution in [2.45, 2.75) is 100 Å². The van der Waals surface area contributed by atoms with Crippen LogP contribution in [0.3, 0.4) is 0 Å². The highest BCUT2D eigenvalue weighted by atomic mass is 16.1. The first-order valence-electron chi connectivity index (χ1n) is 8.33. The zero-order chi connectivity index (χ0) is 17.1. The highest BCUT2D eigenvalue weighted by Crippen LogP contribution is 2.40. The summed E-state index contributed by atoms with van der Waals surface area (Å²) in [4.78, 5) is 12.1. The predicted molar refractivity (Wildman–Crippen MR) is 93.4 cm³/mol. The van der Waals surface area contributed by atoms with Crippen molar-refractivity contribution in [3.8, 4) is 0 Å². The van der Waals surface area contributed by atoms with Crippen LogP contribution >= 0.6 is 0 Å². The van der Waals surface area contributed by atoms with Crippen LogP contribution in [0.2, 0.25) is 0 Å². The number of amides is 1. The van der Waals surface area contributed by atoms with E-state index in [1.54, 1.807) is 0 Å². The van der Waals surface area contributed by atoms with Gasteiger partial charge in [-0.05, 0) is 56.3 Å². The van der Waals surface area contributed by atoms with Crippen molar-refractivity contribution in [1.82, 2.24) is 5.32 Å². The molecule has 0 aromatic heterocycles. The number of nitrogens with one attached hydrogen (secondary N) is 1. The molecular formula is C19H39NO. The lowest BCUT2D eigenvalue weighted by molar-refractivity contribution is -0.124. The third kappa shape index (κ3) is 11.8. The van der Waals surface area contributed by atoms with Crippen molar-refractivity contribution in [3.63, 3.8) is 0 Å². The van der Waals surface area contributed by atoms with Crippen molar-refractivity contribution in [2.75, 3.05) is 0 Å². The van der Waals surface area contributed by atoms with E-state index in [0.29, 0.717) is 17.3 Å². The van der Waals surface area contributed by atoms with Crippen LogP contribution < -0.4 is 5.32 Å². The normalized spacial score (nSPS) is 14.2. The molecule has 2 nitrogen and oxygen atoms in total. The lowest BCUT2D eigenvalue weighted by atomic mass is 9.70. The van der Waals surface area contributed by atoms with Gasteiger partial charge in [-0.1, -0.05) is 48.5 Å². The van der Waals surface area contributed by atoms with Gasteiger partial charge in [-0.2, -0.15) is 0 Å². The summed E-state index contributed by atoms with van der Waals surface area (Å²) in [5, 5.41) is 3.07. The van der Waals surface area contributed by atoms with Gasteiger partial charge in [0.15, 0.2) is 0 Å². The Bertz CT molecular complexity index is 340. The first kappa shape index (κ1) is 20.5. The smallest absolute Gasteiger partial charge is 0.220 e. The van der Waals surface area contributed by atoms with Crippen molar-refractivity contribution in [3.05, 3.63) is 0 Å². The van der Waals surface area contributed by atoms with Crippen molar-refractivity contribution in [1.29, 1.82) is 0 Å². The molecule has 0 aromatic carbocycles. The van der Waals surface area contributed by atoms with Gasteiger partial charge in [-0.15, -0.1) is 0 Å². The largest absolute Gasteiger partial charge is 0.351 e. The van der Waals surface area contributed by atoms with Crippen LogP contribution in [-0.4, -0.2) is 11.4 Å². The van der Waals surface area contributed by atoms with Gasteiger partial charge in [-0.25, -0.2) is 0 Å². The molecule has 0 saturated heterocycles. The van der Waals surface area contributed by atoms with E-state index < -0.39 is 0 Å². The number of rotatable bonds is 6. The molecule has 0 aliphatic rings. The minimum absolute atomic E-state index is 0.0600. The van der Waals surface area contributed by atoms with Crippen molar-refractivity contribution < 1.29 is 4.79 Å². The number of carbonyl (C=O) groups excluding carboxylic acids is 1. The minimum Gasteiger partial charge on any atom is -0.351 e. The summed E-state index contributed by atoms with van der Waals surface area (Å²) in [5.41, 5.74) is 0.608. The topological polar surface area (TPSA) is 29.1 Å². The number of carbonyl (C=O) groups is 1. The first-order chi connectivity index (χ1) is 9.02. The molecule has 126 valence electrons. The third-order valence-electron chi connectivity index (χ3n) is 3.64. The van der Waals surface area contributed by atoms with E-state index in [1.807, 2.05) is 20.8 Å². The third-order valence-corrected chi connectivity index (χ3v) is 3.64. The zero-order valence-electron chi connectivity index (χ0n) is 16.2. The second-order valence-electron chi connectivity index (χ2n) is 10.5. The maximum atomic E-state index is 12.1. The Morgan fingerprint density at radius 2 is 1.19 bits per heavy atom. The summed E-state index contributed by atoms with van der Waals surface area (Å²) in [5.74, 6) is 0.168. The molecule has 1 amide bonds. The molecule has 0 aromatic rings. The van der Waals surface area contributed by atoms with E-state index in [0.717, 1.165) is 6.42 Å². The Labute approximate surface area is 133 Å². The SMILES string of the molecule is CC(C)(C)CC(C)(C)CCC(C)(C)CC(=O)NC(C)(C)C. The molecule has 0 radical (unpaired) electrons. The molecule has 21 heavy (non-hydrogen) atoms. The quantitative estimate of drug-likeness (QED) is 0.683. The van der Waals surface area contributed by atoms with Gasteiger partial charge in [0.2, 0.25) is 5.91 Å². The molecule has 0 saturated carbocycles. The van der Waals surface area contributed by atoms with Crippen LogP contribution in [-0.2, 0) is 4.79 Å². The van der Waals surface area contributed by atoms with Gasteiger partial charge in [0.25, 0.3) is 0 Å². The van der Waals surface area contributed by atoms with Gasteiger partial charge in [0.05, 0.1) is 0 Å². The van der Waals surface area contributed by atoms with Gasteiger partial charge < -0.3 is 5.32 Å². The standard InChI is InChI=1S/C19H39NO/c1-16(2,3)14-19(9,10)12-11-18(7,8)13-15(21)20-17(4,5)6/h11-14H2,1-10H3,(H,20,21). The van der Waals surface area contributed by atoms with Crippen LogP contribution in [0.5, 0.6) is 0 Å². The molecule has 2 heteroatoms. The molecule has 0 unspecified atom stereocenters. The highest BCUT2D eigenvalue weighted by molar-refractivity contribution is 5.77. The van der Waals surface area contributed by atoms with E-state index in [2.05, 4.69) is 53.8 Å². The summed E-state index contributed by atoms with van der Waals surface area (Å²) in [7, 11) is 0. The summed E-state index contributed by atoms with van der Waals surface area (Å²) >= 11 is 0. The zero-order valence-corrected chi connectivity index (χ0v) is 16.2. The lowest BCUT2D eigenvalue weighted by Crippen LogP contribution is -2.42. The molecule has 0 aliphatic heterocycles. The van der Waals surface area contributed by atoms with E-state index in [1.165, 1.54) is 12.8 Å². The van der Waals surface area contributed by atoms with E-state index >= 15 is 0 Å². The Morgan fingerprint density at radius 1 is 0.762 bits per heavy atom. The number of hydrogen-bond acceptors (Lipinski definition) is 1. The fraction of sp³-hybridized carbons (Fsp3) is 0.947. The van der Waals surface area contributed by atoms with Gasteiger partial charge in [-0.3, -0.25) is 4.79 Å². The second kappa shape index (κ2) is 6.71. The van der Waals surface area contributed by atoms with Crippen LogP contribution in [0.1, 0.15) is 94.9 Å². The van der Waals surface area contributed by atoms with Crippen LogP contribution in [0.4, 0.5) is 0 Å². The molecule has 0 heterocycles. The Balaban J connectivity index is 4.45. The Morgan fingerprint density at radius 3 is 1.57 bits per heavy atom. The number of hydrogen-bond donors (Lipinski definition) is 1. The monoisotopic (exact) mass is 297 g/mol. The highest BCUT2D eigenvalue weighted by Gasteiger charge is 2.30. The molecule has 0 spiro atoms. The summed E-state index contributed by atoms with van der Waals surface area (Å²) < 4.78 is 0. The maximum Gasteiger partial charge on any atom is 0.220 e. The average Bonchev–Trinajstić information content (AvgIpc) is 2.06. The van der Waals surface area contributed by atoms with Gasteiger partial charge in [0.1, 0.15) is 0 Å². The molecule has 0 bridgehead atoms. The summed E-state index contributed by atoms with van der Waals surface area (Å²) in [6.07, 6.45) is 4.08. The molecule has 0 fully saturated rings. The summed E-state index contributed by atoms with van der Waals surface area (Å²) in [6.45, 7) is 22.1. The second-order valence-corrected chi connectivity index (χ2v) is 10.5.